The zero-order valence-electron chi connectivity index (χ0n) is 14.1. The van der Waals surface area contributed by atoms with Crippen molar-refractivity contribution in [2.45, 2.75) is 17.9 Å². The molecule has 1 atom stereocenters. The van der Waals surface area contributed by atoms with Crippen molar-refractivity contribution >= 4 is 21.6 Å². The monoisotopic (exact) mass is 384 g/mol. The summed E-state index contributed by atoms with van der Waals surface area (Å²) >= 11 is 0. The van der Waals surface area contributed by atoms with E-state index in [-0.39, 0.29) is 22.8 Å². The number of halogens is 2. The Morgan fingerprint density at radius 1 is 1.15 bits per heavy atom. The molecular formula is C17H18F2N2O4S. The van der Waals surface area contributed by atoms with Gasteiger partial charge in [-0.25, -0.2) is 21.9 Å². The summed E-state index contributed by atoms with van der Waals surface area (Å²) in [6.07, 6.45) is 0. The number of nitrogens with one attached hydrogen (secondary N) is 2. The Morgan fingerprint density at radius 3 is 2.46 bits per heavy atom. The van der Waals surface area contributed by atoms with E-state index in [4.69, 9.17) is 4.74 Å². The fraction of sp³-hybridized carbons (Fsp3) is 0.235. The number of rotatable bonds is 7. The predicted molar refractivity (Wildman–Crippen MR) is 92.4 cm³/mol. The molecule has 0 saturated heterocycles. The second-order valence-electron chi connectivity index (χ2n) is 5.55. The van der Waals surface area contributed by atoms with Gasteiger partial charge in [0.05, 0.1) is 22.8 Å². The number of carbonyl (C=O) groups excluding carboxylic acids is 1. The highest BCUT2D eigenvalue weighted by Gasteiger charge is 2.20. The van der Waals surface area contributed by atoms with E-state index in [1.54, 1.807) is 6.92 Å². The molecule has 2 aromatic rings. The van der Waals surface area contributed by atoms with Gasteiger partial charge in [0.15, 0.2) is 0 Å². The van der Waals surface area contributed by atoms with Gasteiger partial charge >= 0.3 is 0 Å². The second kappa shape index (κ2) is 8.35. The lowest BCUT2D eigenvalue weighted by Gasteiger charge is -2.14. The first-order chi connectivity index (χ1) is 12.2. The smallest absolute Gasteiger partial charge is 0.258 e. The first-order valence-electron chi connectivity index (χ1n) is 7.61. The first-order valence-corrected chi connectivity index (χ1v) is 9.09. The van der Waals surface area contributed by atoms with Crippen LogP contribution in [0.3, 0.4) is 0 Å². The number of amides is 1. The molecule has 0 heterocycles. The van der Waals surface area contributed by atoms with Crippen molar-refractivity contribution in [3.8, 4) is 0 Å². The number of anilines is 1. The molecule has 0 aromatic heterocycles. The minimum absolute atomic E-state index is 0.151. The third kappa shape index (κ3) is 4.84. The molecule has 2 N–H and O–H groups in total. The molecule has 0 aliphatic rings. The highest BCUT2D eigenvalue weighted by Crippen LogP contribution is 2.20. The second-order valence-corrected chi connectivity index (χ2v) is 7.27. The predicted octanol–water partition coefficient (Wildman–Crippen LogP) is 2.53. The number of benzene rings is 2. The standard InChI is InChI=1S/C17H18F2N2O4S/c1-11(10-25-2)21-26(23,24)12-7-8-16(15(19)9-12)20-17(22)13-5-3-4-6-14(13)18/h3-9,11,21H,10H2,1-2H3,(H,20,22)/t11-/m1/s1. The highest BCUT2D eigenvalue weighted by atomic mass is 32.2. The van der Waals surface area contributed by atoms with Gasteiger partial charge in [-0.15, -0.1) is 0 Å². The largest absolute Gasteiger partial charge is 0.383 e. The minimum Gasteiger partial charge on any atom is -0.383 e. The molecule has 26 heavy (non-hydrogen) atoms. The van der Waals surface area contributed by atoms with Gasteiger partial charge in [0, 0.05) is 13.2 Å². The molecular weight excluding hydrogens is 366 g/mol. The third-order valence-corrected chi connectivity index (χ3v) is 4.98. The SMILES string of the molecule is COC[C@@H](C)NS(=O)(=O)c1ccc(NC(=O)c2ccccc2F)c(F)c1. The summed E-state index contributed by atoms with van der Waals surface area (Å²) in [5, 5.41) is 2.22. The van der Waals surface area contributed by atoms with Crippen LogP contribution < -0.4 is 10.0 Å². The van der Waals surface area contributed by atoms with Crippen LogP contribution in [0.5, 0.6) is 0 Å². The van der Waals surface area contributed by atoms with Crippen molar-refractivity contribution in [2.24, 2.45) is 0 Å². The molecule has 6 nitrogen and oxygen atoms in total. The van der Waals surface area contributed by atoms with Crippen LogP contribution in [0.2, 0.25) is 0 Å². The van der Waals surface area contributed by atoms with Crippen LogP contribution in [0.15, 0.2) is 47.4 Å². The Balaban J connectivity index is 2.19. The average molecular weight is 384 g/mol. The van der Waals surface area contributed by atoms with Crippen LogP contribution in [-0.2, 0) is 14.8 Å². The molecule has 0 aliphatic carbocycles. The van der Waals surface area contributed by atoms with E-state index in [0.29, 0.717) is 0 Å². The average Bonchev–Trinajstić information content (AvgIpc) is 2.56. The van der Waals surface area contributed by atoms with Gasteiger partial charge in [0.2, 0.25) is 10.0 Å². The zero-order valence-corrected chi connectivity index (χ0v) is 14.9. The Hall–Kier alpha value is -2.36. The van der Waals surface area contributed by atoms with Crippen LogP contribution in [0.4, 0.5) is 14.5 Å². The van der Waals surface area contributed by atoms with E-state index in [0.717, 1.165) is 24.3 Å². The van der Waals surface area contributed by atoms with Crippen LogP contribution in [0.25, 0.3) is 0 Å². The van der Waals surface area contributed by atoms with Crippen molar-refractivity contribution in [1.29, 1.82) is 0 Å². The van der Waals surface area contributed by atoms with Gasteiger partial charge in [0.1, 0.15) is 11.6 Å². The van der Waals surface area contributed by atoms with Crippen molar-refractivity contribution < 1.29 is 26.7 Å². The van der Waals surface area contributed by atoms with Crippen molar-refractivity contribution in [2.75, 3.05) is 19.0 Å². The topological polar surface area (TPSA) is 84.5 Å². The van der Waals surface area contributed by atoms with Crippen molar-refractivity contribution in [1.82, 2.24) is 4.72 Å². The lowest BCUT2D eigenvalue weighted by Crippen LogP contribution is -2.35. The lowest BCUT2D eigenvalue weighted by molar-refractivity contribution is 0.102. The number of carbonyl (C=O) groups is 1. The quantitative estimate of drug-likeness (QED) is 0.768. The summed E-state index contributed by atoms with van der Waals surface area (Å²) in [4.78, 5) is 11.7. The summed E-state index contributed by atoms with van der Waals surface area (Å²) in [5.74, 6) is -2.55. The first kappa shape index (κ1) is 20.0. The van der Waals surface area contributed by atoms with Gasteiger partial charge in [0.25, 0.3) is 5.91 Å². The summed E-state index contributed by atoms with van der Waals surface area (Å²) in [6.45, 7) is 1.75. The number of hydrogen-bond acceptors (Lipinski definition) is 4. The molecule has 0 saturated carbocycles. The van der Waals surface area contributed by atoms with Gasteiger partial charge in [-0.2, -0.15) is 0 Å². The van der Waals surface area contributed by atoms with Gasteiger partial charge < -0.3 is 10.1 Å². The molecule has 0 radical (unpaired) electrons. The highest BCUT2D eigenvalue weighted by molar-refractivity contribution is 7.89. The zero-order chi connectivity index (χ0) is 19.3. The number of methoxy groups -OCH3 is 1. The molecule has 9 heteroatoms. The molecule has 1 amide bonds. The summed E-state index contributed by atoms with van der Waals surface area (Å²) in [6, 6.07) is 7.76. The third-order valence-electron chi connectivity index (χ3n) is 3.39. The van der Waals surface area contributed by atoms with Crippen LogP contribution in [0.1, 0.15) is 17.3 Å². The maximum absolute atomic E-state index is 14.2. The van der Waals surface area contributed by atoms with Gasteiger partial charge in [-0.3, -0.25) is 4.79 Å². The maximum Gasteiger partial charge on any atom is 0.258 e. The van der Waals surface area contributed by atoms with E-state index < -0.39 is 33.6 Å². The lowest BCUT2D eigenvalue weighted by atomic mass is 10.2. The minimum atomic E-state index is -3.95. The number of sulfonamides is 1. The Bertz CT molecular complexity index is 903. The molecule has 0 aliphatic heterocycles. The molecule has 2 rings (SSSR count). The molecule has 140 valence electrons. The van der Waals surface area contributed by atoms with Gasteiger partial charge in [-0.1, -0.05) is 12.1 Å². The molecule has 0 fully saturated rings. The number of ether oxygens (including phenoxy) is 1. The molecule has 0 spiro atoms. The van der Waals surface area contributed by atoms with E-state index in [1.807, 2.05) is 0 Å². The van der Waals surface area contributed by atoms with E-state index in [9.17, 15) is 22.0 Å². The fourth-order valence-electron chi connectivity index (χ4n) is 2.22. The van der Waals surface area contributed by atoms with Crippen molar-refractivity contribution in [3.63, 3.8) is 0 Å². The molecule has 0 unspecified atom stereocenters. The fourth-order valence-corrected chi connectivity index (χ4v) is 3.46. The maximum atomic E-state index is 14.2. The Morgan fingerprint density at radius 2 is 1.85 bits per heavy atom. The van der Waals surface area contributed by atoms with Crippen LogP contribution in [-0.4, -0.2) is 34.1 Å². The number of hydrogen-bond donors (Lipinski definition) is 2. The van der Waals surface area contributed by atoms with E-state index in [1.165, 1.54) is 25.3 Å². The summed E-state index contributed by atoms with van der Waals surface area (Å²) < 4.78 is 59.4. The molecule has 2 aromatic carbocycles. The van der Waals surface area contributed by atoms with E-state index >= 15 is 0 Å². The summed E-state index contributed by atoms with van der Waals surface area (Å²) in [7, 11) is -2.52. The van der Waals surface area contributed by atoms with Crippen LogP contribution >= 0.6 is 0 Å². The van der Waals surface area contributed by atoms with Gasteiger partial charge in [-0.05, 0) is 37.3 Å². The van der Waals surface area contributed by atoms with Crippen LogP contribution in [0, 0.1) is 11.6 Å². The Kier molecular flexibility index (Phi) is 6.41. The normalized spacial score (nSPS) is 12.6. The molecule has 0 bridgehead atoms. The van der Waals surface area contributed by atoms with Crippen molar-refractivity contribution in [3.05, 3.63) is 59.7 Å². The Labute approximate surface area is 150 Å². The van der Waals surface area contributed by atoms with E-state index in [2.05, 4.69) is 10.0 Å². The summed E-state index contributed by atoms with van der Waals surface area (Å²) in [5.41, 5.74) is -0.513.